The van der Waals surface area contributed by atoms with Crippen LogP contribution in [0.3, 0.4) is 0 Å². The quantitative estimate of drug-likeness (QED) is 0.106. The van der Waals surface area contributed by atoms with E-state index in [9.17, 15) is 19.5 Å². The Morgan fingerprint density at radius 1 is 1.00 bits per heavy atom. The molecule has 6 rings (SSSR count). The number of aryl methyl sites for hydroxylation is 1. The van der Waals surface area contributed by atoms with Crippen LogP contribution in [-0.2, 0) is 20.9 Å². The standard InChI is InChI=1S/C34H30N2O9S/c1-4-42-25-16-21(10-12-24(25)45-18-20-8-6-5-7-9-20)28-27(29(37)22-11-13-23-26(17-22)44-15-14-43-23)30(38)32(39)36(28)34-35-19(2)31(46-34)33(40)41-3/h5-13,16-17,28,37H,4,14-15,18H2,1-3H3/t28-/m0/s1. The zero-order valence-corrected chi connectivity index (χ0v) is 26.1. The van der Waals surface area contributed by atoms with Gasteiger partial charge < -0.3 is 28.8 Å². The summed E-state index contributed by atoms with van der Waals surface area (Å²) in [7, 11) is 1.25. The summed E-state index contributed by atoms with van der Waals surface area (Å²) in [6.07, 6.45) is 0. The number of aliphatic hydroxyl groups excluding tert-OH is 1. The van der Waals surface area contributed by atoms with Crippen LogP contribution in [0.5, 0.6) is 23.0 Å². The van der Waals surface area contributed by atoms with E-state index in [0.717, 1.165) is 16.9 Å². The van der Waals surface area contributed by atoms with Gasteiger partial charge in [0.05, 0.1) is 31.0 Å². The molecule has 4 aromatic rings. The van der Waals surface area contributed by atoms with Crippen molar-refractivity contribution in [2.24, 2.45) is 0 Å². The SMILES string of the molecule is CCOc1cc([C@H]2C(=C(O)c3ccc4c(c3)OCCO4)C(=O)C(=O)N2c2nc(C)c(C(=O)OC)s2)ccc1OCc1ccccc1. The molecule has 0 bridgehead atoms. The van der Waals surface area contributed by atoms with E-state index in [1.54, 1.807) is 43.3 Å². The second-order valence-corrected chi connectivity index (χ2v) is 11.3. The van der Waals surface area contributed by atoms with E-state index in [1.807, 2.05) is 37.3 Å². The van der Waals surface area contributed by atoms with Gasteiger partial charge in [0.2, 0.25) is 0 Å². The third-order valence-corrected chi connectivity index (χ3v) is 8.58. The van der Waals surface area contributed by atoms with Crippen LogP contribution in [0.25, 0.3) is 5.76 Å². The Kier molecular flexibility index (Phi) is 8.62. The molecule has 236 valence electrons. The second-order valence-electron chi connectivity index (χ2n) is 10.3. The summed E-state index contributed by atoms with van der Waals surface area (Å²) in [6.45, 7) is 4.76. The van der Waals surface area contributed by atoms with Crippen molar-refractivity contribution in [3.05, 3.63) is 99.6 Å². The maximum absolute atomic E-state index is 13.8. The molecule has 0 spiro atoms. The molecule has 11 nitrogen and oxygen atoms in total. The molecule has 0 unspecified atom stereocenters. The zero-order chi connectivity index (χ0) is 32.4. The molecule has 1 atom stereocenters. The second kappa shape index (κ2) is 12.9. The van der Waals surface area contributed by atoms with Crippen molar-refractivity contribution in [1.82, 2.24) is 4.98 Å². The third-order valence-electron chi connectivity index (χ3n) is 7.44. The number of methoxy groups -OCH3 is 1. The highest BCUT2D eigenvalue weighted by Gasteiger charge is 2.49. The fourth-order valence-electron chi connectivity index (χ4n) is 5.28. The number of nitrogens with zero attached hydrogens (tertiary/aromatic N) is 2. The largest absolute Gasteiger partial charge is 0.507 e. The molecule has 1 N–H and O–H groups in total. The van der Waals surface area contributed by atoms with Crippen LogP contribution < -0.4 is 23.8 Å². The number of rotatable bonds is 9. The van der Waals surface area contributed by atoms with Crippen LogP contribution in [0.15, 0.2) is 72.3 Å². The van der Waals surface area contributed by atoms with E-state index in [0.29, 0.717) is 54.1 Å². The molecule has 0 radical (unpaired) electrons. The van der Waals surface area contributed by atoms with E-state index in [2.05, 4.69) is 4.98 Å². The molecule has 1 aromatic heterocycles. The van der Waals surface area contributed by atoms with Crippen LogP contribution in [0.4, 0.5) is 5.13 Å². The van der Waals surface area contributed by atoms with E-state index in [-0.39, 0.29) is 27.8 Å². The number of hydrogen-bond acceptors (Lipinski definition) is 11. The number of Topliss-reactive ketones (excluding diaryl/α,β-unsaturated/α-hetero) is 1. The molecule has 2 aliphatic heterocycles. The lowest BCUT2D eigenvalue weighted by Crippen LogP contribution is -2.29. The van der Waals surface area contributed by atoms with E-state index < -0.39 is 29.5 Å². The van der Waals surface area contributed by atoms with Gasteiger partial charge in [0, 0.05) is 5.56 Å². The van der Waals surface area contributed by atoms with E-state index in [1.165, 1.54) is 12.0 Å². The fraction of sp³-hybridized carbons (Fsp3) is 0.235. The van der Waals surface area contributed by atoms with Gasteiger partial charge in [-0.15, -0.1) is 0 Å². The average Bonchev–Trinajstić information content (AvgIpc) is 3.59. The van der Waals surface area contributed by atoms with E-state index in [4.69, 9.17) is 23.7 Å². The molecule has 1 saturated heterocycles. The number of ether oxygens (including phenoxy) is 5. The van der Waals surface area contributed by atoms with Gasteiger partial charge in [-0.3, -0.25) is 14.5 Å². The van der Waals surface area contributed by atoms with Crippen molar-refractivity contribution in [1.29, 1.82) is 0 Å². The first kappa shape index (κ1) is 30.7. The van der Waals surface area contributed by atoms with Crippen LogP contribution in [-0.4, -0.2) is 54.7 Å². The average molecular weight is 643 g/mol. The lowest BCUT2D eigenvalue weighted by molar-refractivity contribution is -0.132. The monoisotopic (exact) mass is 642 g/mol. The minimum absolute atomic E-state index is 0.0913. The van der Waals surface area contributed by atoms with Crippen LogP contribution in [0, 0.1) is 6.92 Å². The van der Waals surface area contributed by atoms with Gasteiger partial charge in [-0.05, 0) is 55.3 Å². The van der Waals surface area contributed by atoms with Crippen molar-refractivity contribution in [2.75, 3.05) is 31.8 Å². The van der Waals surface area contributed by atoms with Gasteiger partial charge in [0.15, 0.2) is 28.1 Å². The first-order valence-electron chi connectivity index (χ1n) is 14.5. The van der Waals surface area contributed by atoms with Gasteiger partial charge in [-0.1, -0.05) is 47.7 Å². The predicted molar refractivity (Wildman–Crippen MR) is 169 cm³/mol. The zero-order valence-electron chi connectivity index (χ0n) is 25.3. The first-order valence-corrected chi connectivity index (χ1v) is 15.3. The topological polar surface area (TPSA) is 134 Å². The summed E-state index contributed by atoms with van der Waals surface area (Å²) in [5.41, 5.74) is 1.82. The molecule has 1 fully saturated rings. The van der Waals surface area contributed by atoms with Crippen molar-refractivity contribution in [2.45, 2.75) is 26.5 Å². The number of anilines is 1. The Hall–Kier alpha value is -5.36. The van der Waals surface area contributed by atoms with Gasteiger partial charge in [-0.2, -0.15) is 0 Å². The number of aromatic nitrogens is 1. The number of fused-ring (bicyclic) bond motifs is 1. The van der Waals surface area contributed by atoms with Crippen LogP contribution in [0.2, 0.25) is 0 Å². The first-order chi connectivity index (χ1) is 22.3. The lowest BCUT2D eigenvalue weighted by atomic mass is 9.95. The Balaban J connectivity index is 1.48. The molecule has 12 heteroatoms. The summed E-state index contributed by atoms with van der Waals surface area (Å²) in [6, 6.07) is 18.4. The Bertz CT molecular complexity index is 1850. The summed E-state index contributed by atoms with van der Waals surface area (Å²) >= 11 is 0.916. The Morgan fingerprint density at radius 3 is 2.50 bits per heavy atom. The van der Waals surface area contributed by atoms with Crippen molar-refractivity contribution < 1.29 is 43.2 Å². The summed E-state index contributed by atoms with van der Waals surface area (Å²) in [5, 5.41) is 11.8. The van der Waals surface area contributed by atoms with Gasteiger partial charge in [0.25, 0.3) is 5.78 Å². The smallest absolute Gasteiger partial charge is 0.350 e. The maximum Gasteiger partial charge on any atom is 0.350 e. The van der Waals surface area contributed by atoms with Gasteiger partial charge in [0.1, 0.15) is 30.5 Å². The third kappa shape index (κ3) is 5.74. The Labute approximate surface area is 268 Å². The number of carbonyl (C=O) groups is 3. The number of carbonyl (C=O) groups excluding carboxylic acids is 3. The van der Waals surface area contributed by atoms with E-state index >= 15 is 0 Å². The Morgan fingerprint density at radius 2 is 1.76 bits per heavy atom. The summed E-state index contributed by atoms with van der Waals surface area (Å²) in [5.74, 6) is -1.14. The lowest BCUT2D eigenvalue weighted by Gasteiger charge is -2.24. The van der Waals surface area contributed by atoms with Crippen molar-refractivity contribution >= 4 is 39.9 Å². The number of aliphatic hydroxyl groups is 1. The minimum atomic E-state index is -1.13. The number of benzene rings is 3. The molecule has 3 aromatic carbocycles. The molecular weight excluding hydrogens is 612 g/mol. The number of amides is 1. The van der Waals surface area contributed by atoms with Gasteiger partial charge in [-0.25, -0.2) is 9.78 Å². The minimum Gasteiger partial charge on any atom is -0.507 e. The number of hydrogen-bond donors (Lipinski definition) is 1. The number of ketones is 1. The molecule has 0 saturated carbocycles. The highest BCUT2D eigenvalue weighted by molar-refractivity contribution is 7.17. The molecule has 1 amide bonds. The molecule has 2 aliphatic rings. The van der Waals surface area contributed by atoms with Crippen LogP contribution >= 0.6 is 11.3 Å². The van der Waals surface area contributed by atoms with Crippen LogP contribution in [0.1, 0.15) is 45.0 Å². The highest BCUT2D eigenvalue weighted by atomic mass is 32.1. The van der Waals surface area contributed by atoms with Crippen molar-refractivity contribution in [3.63, 3.8) is 0 Å². The van der Waals surface area contributed by atoms with Crippen molar-refractivity contribution in [3.8, 4) is 23.0 Å². The number of esters is 1. The molecule has 46 heavy (non-hydrogen) atoms. The number of thiazole rings is 1. The molecular formula is C34H30N2O9S. The highest BCUT2D eigenvalue weighted by Crippen LogP contribution is 2.46. The fourth-order valence-corrected chi connectivity index (χ4v) is 6.29. The maximum atomic E-state index is 13.8. The predicted octanol–water partition coefficient (Wildman–Crippen LogP) is 5.61. The molecule has 3 heterocycles. The summed E-state index contributed by atoms with van der Waals surface area (Å²) < 4.78 is 28.2. The summed E-state index contributed by atoms with van der Waals surface area (Å²) in [4.78, 5) is 45.8. The van der Waals surface area contributed by atoms with Gasteiger partial charge >= 0.3 is 11.9 Å². The molecule has 0 aliphatic carbocycles. The normalized spacial score (nSPS) is 16.8.